The highest BCUT2D eigenvalue weighted by atomic mass is 127. The molecule has 1 aliphatic heterocycles. The standard InChI is InChI=1S/C22H38N4O2.HI/c1-7-27-19(10-11-25(5)6)15-24-22(23-4)26-12-13-28-21(16-26)20-9-8-17(2)14-18(20)3;/h8-9,14,19,21H,7,10-13,15-16H2,1-6H3,(H,23,24);1H. The van der Waals surface area contributed by atoms with Gasteiger partial charge in [0, 0.05) is 33.3 Å². The maximum absolute atomic E-state index is 6.08. The second-order valence-electron chi connectivity index (χ2n) is 7.76. The monoisotopic (exact) mass is 518 g/mol. The number of hydrogen-bond donors (Lipinski definition) is 1. The van der Waals surface area contributed by atoms with Gasteiger partial charge in [-0.2, -0.15) is 0 Å². The highest BCUT2D eigenvalue weighted by Crippen LogP contribution is 2.25. The molecule has 7 heteroatoms. The van der Waals surface area contributed by atoms with Crippen molar-refractivity contribution in [3.05, 3.63) is 34.9 Å². The number of aliphatic imine (C=N–C) groups is 1. The third kappa shape index (κ3) is 8.39. The molecule has 1 aliphatic rings. The van der Waals surface area contributed by atoms with Crippen LogP contribution in [0.1, 0.15) is 36.1 Å². The Balaban J connectivity index is 0.00000420. The average molecular weight is 518 g/mol. The third-order valence-electron chi connectivity index (χ3n) is 5.14. The lowest BCUT2D eigenvalue weighted by molar-refractivity contribution is -0.00884. The molecule has 0 amide bonds. The third-order valence-corrected chi connectivity index (χ3v) is 5.14. The van der Waals surface area contributed by atoms with Crippen molar-refractivity contribution in [2.45, 2.75) is 39.4 Å². The Bertz CT molecular complexity index is 639. The van der Waals surface area contributed by atoms with Crippen molar-refractivity contribution in [3.8, 4) is 0 Å². The van der Waals surface area contributed by atoms with Crippen molar-refractivity contribution >= 4 is 29.9 Å². The van der Waals surface area contributed by atoms with Gasteiger partial charge in [-0.05, 0) is 52.4 Å². The molecule has 2 rings (SSSR count). The number of guanidine groups is 1. The Morgan fingerprint density at radius 2 is 2.14 bits per heavy atom. The van der Waals surface area contributed by atoms with Gasteiger partial charge in [-0.1, -0.05) is 23.8 Å². The van der Waals surface area contributed by atoms with Crippen molar-refractivity contribution < 1.29 is 9.47 Å². The van der Waals surface area contributed by atoms with Crippen LogP contribution in [0.4, 0.5) is 0 Å². The minimum atomic E-state index is 0. The molecule has 1 fully saturated rings. The summed E-state index contributed by atoms with van der Waals surface area (Å²) in [6, 6.07) is 6.58. The zero-order valence-corrected chi connectivity index (χ0v) is 21.2. The van der Waals surface area contributed by atoms with Gasteiger partial charge in [-0.3, -0.25) is 4.99 Å². The highest BCUT2D eigenvalue weighted by molar-refractivity contribution is 14.0. The lowest BCUT2D eigenvalue weighted by atomic mass is 10.00. The molecule has 1 aromatic rings. The lowest BCUT2D eigenvalue weighted by Crippen LogP contribution is -2.50. The average Bonchev–Trinajstić information content (AvgIpc) is 2.66. The van der Waals surface area contributed by atoms with Gasteiger partial charge in [0.1, 0.15) is 6.10 Å². The Morgan fingerprint density at radius 1 is 1.38 bits per heavy atom. The van der Waals surface area contributed by atoms with Crippen LogP contribution in [0, 0.1) is 13.8 Å². The first-order chi connectivity index (χ1) is 13.4. The molecule has 1 saturated heterocycles. The Kier molecular flexibility index (Phi) is 12.1. The van der Waals surface area contributed by atoms with Crippen molar-refractivity contribution in [1.82, 2.24) is 15.1 Å². The molecule has 1 N–H and O–H groups in total. The Hall–Kier alpha value is -0.900. The second kappa shape index (κ2) is 13.4. The summed E-state index contributed by atoms with van der Waals surface area (Å²) in [7, 11) is 6.03. The van der Waals surface area contributed by atoms with Gasteiger partial charge in [0.2, 0.25) is 0 Å². The van der Waals surface area contributed by atoms with E-state index < -0.39 is 0 Å². The van der Waals surface area contributed by atoms with E-state index >= 15 is 0 Å². The van der Waals surface area contributed by atoms with Crippen LogP contribution >= 0.6 is 24.0 Å². The largest absolute Gasteiger partial charge is 0.377 e. The molecule has 0 saturated carbocycles. The van der Waals surface area contributed by atoms with Crippen LogP contribution in [0.5, 0.6) is 0 Å². The van der Waals surface area contributed by atoms with Crippen LogP contribution < -0.4 is 5.32 Å². The van der Waals surface area contributed by atoms with Gasteiger partial charge < -0.3 is 24.6 Å². The molecule has 2 unspecified atom stereocenters. The quantitative estimate of drug-likeness (QED) is 0.326. The summed E-state index contributed by atoms with van der Waals surface area (Å²) in [6.07, 6.45) is 1.25. The number of morpholine rings is 1. The predicted molar refractivity (Wildman–Crippen MR) is 132 cm³/mol. The number of hydrogen-bond acceptors (Lipinski definition) is 4. The predicted octanol–water partition coefficient (Wildman–Crippen LogP) is 3.23. The number of aryl methyl sites for hydroxylation is 2. The molecule has 0 aliphatic carbocycles. The number of benzene rings is 1. The van der Waals surface area contributed by atoms with E-state index in [-0.39, 0.29) is 36.2 Å². The summed E-state index contributed by atoms with van der Waals surface area (Å²) in [4.78, 5) is 9.00. The second-order valence-corrected chi connectivity index (χ2v) is 7.76. The summed E-state index contributed by atoms with van der Waals surface area (Å²) in [6.45, 7) is 11.2. The van der Waals surface area contributed by atoms with Crippen LogP contribution in [-0.2, 0) is 9.47 Å². The molecule has 0 aromatic heterocycles. The molecule has 29 heavy (non-hydrogen) atoms. The lowest BCUT2D eigenvalue weighted by Gasteiger charge is -2.36. The normalized spacial score (nSPS) is 18.5. The van der Waals surface area contributed by atoms with E-state index in [2.05, 4.69) is 66.3 Å². The summed E-state index contributed by atoms with van der Waals surface area (Å²) in [5.74, 6) is 0.924. The van der Waals surface area contributed by atoms with Crippen molar-refractivity contribution in [2.24, 2.45) is 4.99 Å². The van der Waals surface area contributed by atoms with E-state index in [4.69, 9.17) is 9.47 Å². The molecule has 1 aromatic carbocycles. The maximum Gasteiger partial charge on any atom is 0.193 e. The van der Waals surface area contributed by atoms with Crippen LogP contribution in [0.2, 0.25) is 0 Å². The first kappa shape index (κ1) is 26.1. The van der Waals surface area contributed by atoms with Gasteiger partial charge in [-0.25, -0.2) is 0 Å². The summed E-state index contributed by atoms with van der Waals surface area (Å²) < 4.78 is 12.0. The molecule has 166 valence electrons. The van der Waals surface area contributed by atoms with E-state index in [9.17, 15) is 0 Å². The van der Waals surface area contributed by atoms with Crippen LogP contribution in [0.15, 0.2) is 23.2 Å². The smallest absolute Gasteiger partial charge is 0.193 e. The maximum atomic E-state index is 6.08. The summed E-state index contributed by atoms with van der Waals surface area (Å²) in [5, 5.41) is 3.52. The van der Waals surface area contributed by atoms with E-state index in [0.717, 1.165) is 45.2 Å². The van der Waals surface area contributed by atoms with E-state index in [0.29, 0.717) is 6.61 Å². The highest BCUT2D eigenvalue weighted by Gasteiger charge is 2.25. The molecule has 0 radical (unpaired) electrons. The van der Waals surface area contributed by atoms with Gasteiger partial charge in [0.05, 0.1) is 19.3 Å². The summed E-state index contributed by atoms with van der Waals surface area (Å²) in [5.41, 5.74) is 3.84. The first-order valence-corrected chi connectivity index (χ1v) is 10.3. The molecule has 6 nitrogen and oxygen atoms in total. The minimum absolute atomic E-state index is 0. The summed E-state index contributed by atoms with van der Waals surface area (Å²) >= 11 is 0. The number of ether oxygens (including phenoxy) is 2. The Labute approximate surface area is 194 Å². The Morgan fingerprint density at radius 3 is 2.76 bits per heavy atom. The zero-order valence-electron chi connectivity index (χ0n) is 18.9. The zero-order chi connectivity index (χ0) is 20.5. The van der Waals surface area contributed by atoms with Gasteiger partial charge in [0.25, 0.3) is 0 Å². The van der Waals surface area contributed by atoms with Crippen LogP contribution in [0.25, 0.3) is 0 Å². The first-order valence-electron chi connectivity index (χ1n) is 10.3. The molecular formula is C22H39IN4O2. The molecule has 1 heterocycles. The van der Waals surface area contributed by atoms with Gasteiger partial charge in [0.15, 0.2) is 5.96 Å². The van der Waals surface area contributed by atoms with Crippen molar-refractivity contribution in [1.29, 1.82) is 0 Å². The number of rotatable bonds is 8. The van der Waals surface area contributed by atoms with Crippen molar-refractivity contribution in [3.63, 3.8) is 0 Å². The topological polar surface area (TPSA) is 49.3 Å². The minimum Gasteiger partial charge on any atom is -0.377 e. The van der Waals surface area contributed by atoms with Gasteiger partial charge in [-0.15, -0.1) is 24.0 Å². The fraction of sp³-hybridized carbons (Fsp3) is 0.682. The molecule has 0 spiro atoms. The number of nitrogens with one attached hydrogen (secondary N) is 1. The fourth-order valence-corrected chi connectivity index (χ4v) is 3.64. The van der Waals surface area contributed by atoms with E-state index in [1.807, 2.05) is 14.0 Å². The van der Waals surface area contributed by atoms with Crippen molar-refractivity contribution in [2.75, 3.05) is 60.5 Å². The van der Waals surface area contributed by atoms with E-state index in [1.165, 1.54) is 16.7 Å². The molecule has 2 atom stereocenters. The molecular weight excluding hydrogens is 479 g/mol. The van der Waals surface area contributed by atoms with E-state index in [1.54, 1.807) is 0 Å². The van der Waals surface area contributed by atoms with Crippen LogP contribution in [0.3, 0.4) is 0 Å². The number of halogens is 1. The van der Waals surface area contributed by atoms with Crippen LogP contribution in [-0.4, -0.2) is 82.4 Å². The van der Waals surface area contributed by atoms with Gasteiger partial charge >= 0.3 is 0 Å². The molecule has 0 bridgehead atoms. The SMILES string of the molecule is CCOC(CCN(C)C)CNC(=NC)N1CCOC(c2ccc(C)cc2C)C1.I. The number of nitrogens with zero attached hydrogens (tertiary/aromatic N) is 3. The fourth-order valence-electron chi connectivity index (χ4n) is 3.64.